The minimum Gasteiger partial charge on any atom is -0.376 e. The SMILES string of the molecule is OC(c1ccc(Br)cc1)(c1cccc(-c2c3ccccc3c(-c3ccccc3)c3ccccc23)c1)c1ccccc1-c1ccccc1. The van der Waals surface area contributed by atoms with Crippen LogP contribution in [0.5, 0.6) is 0 Å². The zero-order valence-corrected chi connectivity index (χ0v) is 27.2. The summed E-state index contributed by atoms with van der Waals surface area (Å²) >= 11 is 3.61. The van der Waals surface area contributed by atoms with Crippen molar-refractivity contribution in [2.45, 2.75) is 5.60 Å². The summed E-state index contributed by atoms with van der Waals surface area (Å²) in [6.45, 7) is 0. The molecule has 224 valence electrons. The Hall–Kier alpha value is -5.28. The zero-order chi connectivity index (χ0) is 31.8. The first-order chi connectivity index (χ1) is 23.1. The van der Waals surface area contributed by atoms with Crippen molar-refractivity contribution in [3.8, 4) is 33.4 Å². The first kappa shape index (κ1) is 29.1. The first-order valence-corrected chi connectivity index (χ1v) is 16.7. The van der Waals surface area contributed by atoms with E-state index in [4.69, 9.17) is 0 Å². The Kier molecular flexibility index (Phi) is 7.53. The molecule has 8 aromatic carbocycles. The van der Waals surface area contributed by atoms with Gasteiger partial charge in [0.05, 0.1) is 0 Å². The van der Waals surface area contributed by atoms with E-state index in [1.54, 1.807) is 0 Å². The Morgan fingerprint density at radius 3 is 1.45 bits per heavy atom. The van der Waals surface area contributed by atoms with E-state index in [-0.39, 0.29) is 0 Å². The van der Waals surface area contributed by atoms with Crippen molar-refractivity contribution < 1.29 is 5.11 Å². The van der Waals surface area contributed by atoms with Crippen molar-refractivity contribution in [1.82, 2.24) is 0 Å². The third-order valence-corrected chi connectivity index (χ3v) is 9.76. The molecular formula is C45H31BrO. The second kappa shape index (κ2) is 12.1. The molecule has 1 N–H and O–H groups in total. The smallest absolute Gasteiger partial charge is 0.141 e. The number of halogens is 1. The van der Waals surface area contributed by atoms with Crippen LogP contribution in [-0.4, -0.2) is 5.11 Å². The largest absolute Gasteiger partial charge is 0.376 e. The van der Waals surface area contributed by atoms with E-state index in [2.05, 4.69) is 143 Å². The summed E-state index contributed by atoms with van der Waals surface area (Å²) in [6.07, 6.45) is 0. The Balaban J connectivity index is 1.42. The minimum atomic E-state index is -1.43. The van der Waals surface area contributed by atoms with E-state index >= 15 is 0 Å². The summed E-state index contributed by atoms with van der Waals surface area (Å²) in [5.41, 5.74) is 7.71. The molecule has 0 fully saturated rings. The molecule has 0 aliphatic rings. The zero-order valence-electron chi connectivity index (χ0n) is 25.6. The van der Waals surface area contributed by atoms with Gasteiger partial charge in [-0.15, -0.1) is 0 Å². The molecule has 0 bridgehead atoms. The fraction of sp³-hybridized carbons (Fsp3) is 0.0222. The van der Waals surface area contributed by atoms with Gasteiger partial charge in [0.2, 0.25) is 0 Å². The highest BCUT2D eigenvalue weighted by Gasteiger charge is 2.36. The number of hydrogen-bond donors (Lipinski definition) is 1. The summed E-state index contributed by atoms with van der Waals surface area (Å²) in [5, 5.41) is 18.0. The molecule has 0 aromatic heterocycles. The van der Waals surface area contributed by atoms with Crippen LogP contribution in [0.2, 0.25) is 0 Å². The third-order valence-electron chi connectivity index (χ3n) is 9.23. The van der Waals surface area contributed by atoms with Crippen LogP contribution >= 0.6 is 15.9 Å². The topological polar surface area (TPSA) is 20.2 Å². The van der Waals surface area contributed by atoms with E-state index < -0.39 is 5.60 Å². The van der Waals surface area contributed by atoms with Crippen LogP contribution in [0.4, 0.5) is 0 Å². The number of aliphatic hydroxyl groups is 1. The number of rotatable bonds is 6. The maximum absolute atomic E-state index is 13.2. The van der Waals surface area contributed by atoms with Gasteiger partial charge in [-0.1, -0.05) is 180 Å². The molecule has 1 unspecified atom stereocenters. The average Bonchev–Trinajstić information content (AvgIpc) is 3.14. The predicted octanol–water partition coefficient (Wildman–Crippen LogP) is 12.0. The second-order valence-electron chi connectivity index (χ2n) is 11.9. The molecule has 1 nitrogen and oxygen atoms in total. The van der Waals surface area contributed by atoms with Gasteiger partial charge in [-0.25, -0.2) is 0 Å². The summed E-state index contributed by atoms with van der Waals surface area (Å²) < 4.78 is 0.963. The molecule has 0 saturated heterocycles. The number of fused-ring (bicyclic) bond motifs is 2. The van der Waals surface area contributed by atoms with Crippen molar-refractivity contribution in [3.63, 3.8) is 0 Å². The lowest BCUT2D eigenvalue weighted by atomic mass is 9.76. The van der Waals surface area contributed by atoms with Gasteiger partial charge in [0.15, 0.2) is 0 Å². The Morgan fingerprint density at radius 2 is 0.851 bits per heavy atom. The fourth-order valence-corrected chi connectivity index (χ4v) is 7.36. The molecule has 0 saturated carbocycles. The molecule has 2 heteroatoms. The quantitative estimate of drug-likeness (QED) is 0.138. The molecule has 8 rings (SSSR count). The van der Waals surface area contributed by atoms with Crippen LogP contribution in [0.15, 0.2) is 186 Å². The van der Waals surface area contributed by atoms with E-state index in [0.29, 0.717) is 0 Å². The lowest BCUT2D eigenvalue weighted by Gasteiger charge is -2.32. The standard InChI is InChI=1S/C45H31BrO/c46-36-28-26-34(27-29-36)45(47,42-25-12-11-20-37(42)31-14-3-1-4-15-31)35-19-13-18-33(30-35)44-40-23-9-7-21-38(40)43(32-16-5-2-6-17-32)39-22-8-10-24-41(39)44/h1-30,47H. The summed E-state index contributed by atoms with van der Waals surface area (Å²) in [7, 11) is 0. The molecule has 0 aliphatic carbocycles. The van der Waals surface area contributed by atoms with Crippen molar-refractivity contribution in [3.05, 3.63) is 203 Å². The van der Waals surface area contributed by atoms with E-state index in [1.807, 2.05) is 54.6 Å². The van der Waals surface area contributed by atoms with Crippen molar-refractivity contribution >= 4 is 37.5 Å². The van der Waals surface area contributed by atoms with E-state index in [1.165, 1.54) is 32.7 Å². The van der Waals surface area contributed by atoms with Crippen LogP contribution in [-0.2, 0) is 5.60 Å². The molecule has 0 spiro atoms. The average molecular weight is 668 g/mol. The molecule has 0 heterocycles. The molecule has 47 heavy (non-hydrogen) atoms. The van der Waals surface area contributed by atoms with Crippen molar-refractivity contribution in [2.75, 3.05) is 0 Å². The van der Waals surface area contributed by atoms with Crippen LogP contribution < -0.4 is 0 Å². The summed E-state index contributed by atoms with van der Waals surface area (Å²) in [4.78, 5) is 0. The second-order valence-corrected chi connectivity index (χ2v) is 12.8. The summed E-state index contributed by atoms with van der Waals surface area (Å²) in [5.74, 6) is 0. The third kappa shape index (κ3) is 5.07. The van der Waals surface area contributed by atoms with Crippen molar-refractivity contribution in [1.29, 1.82) is 0 Å². The summed E-state index contributed by atoms with van der Waals surface area (Å²) in [6, 6.07) is 63.1. The Morgan fingerprint density at radius 1 is 0.383 bits per heavy atom. The van der Waals surface area contributed by atoms with Gasteiger partial charge < -0.3 is 5.11 Å². The predicted molar refractivity (Wildman–Crippen MR) is 200 cm³/mol. The van der Waals surface area contributed by atoms with Gasteiger partial charge in [-0.3, -0.25) is 0 Å². The van der Waals surface area contributed by atoms with Gasteiger partial charge in [-0.2, -0.15) is 0 Å². The molecule has 1 atom stereocenters. The van der Waals surface area contributed by atoms with E-state index in [0.717, 1.165) is 43.4 Å². The molecule has 8 aromatic rings. The van der Waals surface area contributed by atoms with Gasteiger partial charge in [0.25, 0.3) is 0 Å². The molecule has 0 aliphatic heterocycles. The normalized spacial score (nSPS) is 12.6. The first-order valence-electron chi connectivity index (χ1n) is 15.9. The highest BCUT2D eigenvalue weighted by molar-refractivity contribution is 9.10. The van der Waals surface area contributed by atoms with Crippen LogP contribution in [0.1, 0.15) is 16.7 Å². The van der Waals surface area contributed by atoms with Gasteiger partial charge in [0, 0.05) is 10.0 Å². The minimum absolute atomic E-state index is 0.801. The van der Waals surface area contributed by atoms with Crippen molar-refractivity contribution in [2.24, 2.45) is 0 Å². The van der Waals surface area contributed by atoms with Gasteiger partial charge in [0.1, 0.15) is 5.60 Å². The number of benzene rings is 8. The molecule has 0 amide bonds. The Bertz CT molecular complexity index is 2300. The highest BCUT2D eigenvalue weighted by Crippen LogP contribution is 2.46. The monoisotopic (exact) mass is 666 g/mol. The lowest BCUT2D eigenvalue weighted by Crippen LogP contribution is -2.29. The molecular weight excluding hydrogens is 636 g/mol. The maximum atomic E-state index is 13.2. The fourth-order valence-electron chi connectivity index (χ4n) is 7.09. The van der Waals surface area contributed by atoms with Gasteiger partial charge >= 0.3 is 0 Å². The van der Waals surface area contributed by atoms with Gasteiger partial charge in [-0.05, 0) is 84.3 Å². The highest BCUT2D eigenvalue weighted by atomic mass is 79.9. The number of hydrogen-bond acceptors (Lipinski definition) is 1. The van der Waals surface area contributed by atoms with E-state index in [9.17, 15) is 5.11 Å². The lowest BCUT2D eigenvalue weighted by molar-refractivity contribution is 0.126. The van der Waals surface area contributed by atoms with Crippen LogP contribution in [0.25, 0.3) is 54.9 Å². The van der Waals surface area contributed by atoms with Crippen LogP contribution in [0, 0.1) is 0 Å². The van der Waals surface area contributed by atoms with Crippen LogP contribution in [0.3, 0.4) is 0 Å². The maximum Gasteiger partial charge on any atom is 0.141 e. The Labute approximate surface area is 283 Å². The molecule has 0 radical (unpaired) electrons.